The molecule has 0 bridgehead atoms. The Kier molecular flexibility index (Phi) is 3.65. The zero-order chi connectivity index (χ0) is 15.8. The Hall–Kier alpha value is -2.14. The summed E-state index contributed by atoms with van der Waals surface area (Å²) in [6.45, 7) is 6.53. The third-order valence-corrected chi connectivity index (χ3v) is 5.19. The summed E-state index contributed by atoms with van der Waals surface area (Å²) < 4.78 is 1.92. The summed E-state index contributed by atoms with van der Waals surface area (Å²) in [5.74, 6) is 1.38. The average Bonchev–Trinajstić information content (AvgIpc) is 3.24. The van der Waals surface area contributed by atoms with Crippen LogP contribution in [0, 0.1) is 18.8 Å². The van der Waals surface area contributed by atoms with E-state index in [1.165, 1.54) is 5.56 Å². The van der Waals surface area contributed by atoms with Gasteiger partial charge in [-0.3, -0.25) is 9.48 Å². The van der Waals surface area contributed by atoms with Gasteiger partial charge in [0.2, 0.25) is 0 Å². The van der Waals surface area contributed by atoms with Crippen LogP contribution >= 0.6 is 0 Å². The normalized spacial score (nSPS) is 23.3. The molecule has 2 aliphatic heterocycles. The van der Waals surface area contributed by atoms with E-state index in [4.69, 9.17) is 0 Å². The van der Waals surface area contributed by atoms with Crippen LogP contribution in [0.25, 0.3) is 0 Å². The molecule has 2 aliphatic rings. The monoisotopic (exact) mass is 310 g/mol. The lowest BCUT2D eigenvalue weighted by molar-refractivity contribution is 0.0781. The molecule has 5 heteroatoms. The highest BCUT2D eigenvalue weighted by molar-refractivity contribution is 5.95. The average molecular weight is 310 g/mol. The van der Waals surface area contributed by atoms with Crippen LogP contribution in [0.3, 0.4) is 0 Å². The molecule has 23 heavy (non-hydrogen) atoms. The van der Waals surface area contributed by atoms with Gasteiger partial charge >= 0.3 is 0 Å². The molecule has 0 spiro atoms. The van der Waals surface area contributed by atoms with Crippen LogP contribution in [0.15, 0.2) is 36.5 Å². The zero-order valence-corrected chi connectivity index (χ0v) is 13.4. The molecule has 120 valence electrons. The second-order valence-corrected chi connectivity index (χ2v) is 6.68. The van der Waals surface area contributed by atoms with Crippen LogP contribution in [-0.4, -0.2) is 46.8 Å². The molecule has 1 aromatic carbocycles. The van der Waals surface area contributed by atoms with Gasteiger partial charge in [0.1, 0.15) is 0 Å². The van der Waals surface area contributed by atoms with Crippen molar-refractivity contribution in [3.63, 3.8) is 0 Å². The third-order valence-electron chi connectivity index (χ3n) is 5.19. The van der Waals surface area contributed by atoms with E-state index in [1.54, 1.807) is 6.20 Å². The Bertz CT molecular complexity index is 697. The predicted molar refractivity (Wildman–Crippen MR) is 88.3 cm³/mol. The highest BCUT2D eigenvalue weighted by Gasteiger charge is 2.38. The van der Waals surface area contributed by atoms with Crippen molar-refractivity contribution >= 4 is 5.91 Å². The minimum atomic E-state index is 0.135. The fraction of sp³-hybridized carbons (Fsp3) is 0.444. The number of nitrogens with zero attached hydrogens (tertiary/aromatic N) is 3. The Morgan fingerprint density at radius 3 is 2.61 bits per heavy atom. The second-order valence-electron chi connectivity index (χ2n) is 6.68. The lowest BCUT2D eigenvalue weighted by atomic mass is 10.0. The number of carbonyl (C=O) groups excluding carboxylic acids is 1. The van der Waals surface area contributed by atoms with E-state index < -0.39 is 0 Å². The zero-order valence-electron chi connectivity index (χ0n) is 13.4. The van der Waals surface area contributed by atoms with Crippen molar-refractivity contribution in [2.75, 3.05) is 26.2 Å². The smallest absolute Gasteiger partial charge is 0.257 e. The lowest BCUT2D eigenvalue weighted by Crippen LogP contribution is -2.32. The number of nitrogens with one attached hydrogen (secondary N) is 1. The maximum atomic E-state index is 12.8. The van der Waals surface area contributed by atoms with Gasteiger partial charge in [0.05, 0.1) is 18.3 Å². The fourth-order valence-corrected chi connectivity index (χ4v) is 3.76. The fourth-order valence-electron chi connectivity index (χ4n) is 3.76. The molecule has 1 amide bonds. The van der Waals surface area contributed by atoms with E-state index >= 15 is 0 Å². The minimum Gasteiger partial charge on any atom is -0.338 e. The Labute approximate surface area is 136 Å². The summed E-state index contributed by atoms with van der Waals surface area (Å²) in [6, 6.07) is 10.2. The van der Waals surface area contributed by atoms with Crippen LogP contribution in [0.2, 0.25) is 0 Å². The number of benzene rings is 1. The van der Waals surface area contributed by atoms with Crippen molar-refractivity contribution in [3.05, 3.63) is 53.3 Å². The molecule has 2 aromatic rings. The van der Waals surface area contributed by atoms with Gasteiger partial charge in [0.25, 0.3) is 5.91 Å². The van der Waals surface area contributed by atoms with Crippen LogP contribution in [0.1, 0.15) is 21.6 Å². The van der Waals surface area contributed by atoms with Crippen molar-refractivity contribution in [2.45, 2.75) is 13.5 Å². The SMILES string of the molecule is Cc1c(C(=O)N2C[C@H]3CNC[C@H]3C2)cnn1Cc1ccccc1. The van der Waals surface area contributed by atoms with Crippen molar-refractivity contribution in [1.29, 1.82) is 0 Å². The summed E-state index contributed by atoms with van der Waals surface area (Å²) in [5, 5.41) is 7.84. The summed E-state index contributed by atoms with van der Waals surface area (Å²) in [4.78, 5) is 14.8. The molecule has 0 radical (unpaired) electrons. The summed E-state index contributed by atoms with van der Waals surface area (Å²) >= 11 is 0. The molecule has 1 N–H and O–H groups in total. The molecule has 0 saturated carbocycles. The van der Waals surface area contributed by atoms with E-state index in [0.29, 0.717) is 18.4 Å². The van der Waals surface area contributed by atoms with Gasteiger partial charge in [-0.25, -0.2) is 0 Å². The van der Waals surface area contributed by atoms with Gasteiger partial charge < -0.3 is 10.2 Å². The lowest BCUT2D eigenvalue weighted by Gasteiger charge is -2.17. The molecule has 0 unspecified atom stereocenters. The molecule has 2 atom stereocenters. The summed E-state index contributed by atoms with van der Waals surface area (Å²) in [7, 11) is 0. The van der Waals surface area contributed by atoms with Crippen molar-refractivity contribution in [1.82, 2.24) is 20.0 Å². The van der Waals surface area contributed by atoms with Gasteiger partial charge in [-0.15, -0.1) is 0 Å². The van der Waals surface area contributed by atoms with Crippen LogP contribution in [0.5, 0.6) is 0 Å². The number of likely N-dealkylation sites (tertiary alicyclic amines) is 1. The Morgan fingerprint density at radius 2 is 1.91 bits per heavy atom. The molecule has 3 heterocycles. The van der Waals surface area contributed by atoms with E-state index in [-0.39, 0.29) is 5.91 Å². The largest absolute Gasteiger partial charge is 0.338 e. The second kappa shape index (κ2) is 5.81. The topological polar surface area (TPSA) is 50.2 Å². The van der Waals surface area contributed by atoms with Crippen LogP contribution in [-0.2, 0) is 6.54 Å². The maximum absolute atomic E-state index is 12.8. The quantitative estimate of drug-likeness (QED) is 0.935. The number of carbonyl (C=O) groups is 1. The molecule has 2 fully saturated rings. The molecule has 4 rings (SSSR count). The number of hydrogen-bond acceptors (Lipinski definition) is 3. The number of fused-ring (bicyclic) bond motifs is 1. The molecular formula is C18H22N4O. The van der Waals surface area contributed by atoms with Gasteiger partial charge in [0.15, 0.2) is 0 Å². The standard InChI is InChI=1S/C18H22N4O/c1-13-17(9-20-22(13)10-14-5-3-2-4-6-14)18(23)21-11-15-7-19-8-16(15)12-21/h2-6,9,15-16,19H,7-8,10-12H2,1H3/t15-,16+. The number of rotatable bonds is 3. The maximum Gasteiger partial charge on any atom is 0.257 e. The first-order valence-electron chi connectivity index (χ1n) is 8.28. The number of aromatic nitrogens is 2. The molecular weight excluding hydrogens is 288 g/mol. The Balaban J connectivity index is 1.50. The first-order valence-corrected chi connectivity index (χ1v) is 8.28. The van der Waals surface area contributed by atoms with E-state index in [0.717, 1.165) is 37.4 Å². The summed E-state index contributed by atoms with van der Waals surface area (Å²) in [5.41, 5.74) is 2.89. The van der Waals surface area contributed by atoms with Crippen LogP contribution < -0.4 is 5.32 Å². The van der Waals surface area contributed by atoms with Gasteiger partial charge in [-0.1, -0.05) is 30.3 Å². The van der Waals surface area contributed by atoms with Gasteiger partial charge in [0, 0.05) is 31.9 Å². The first-order chi connectivity index (χ1) is 11.2. The predicted octanol–water partition coefficient (Wildman–Crippen LogP) is 1.53. The minimum absolute atomic E-state index is 0.135. The van der Waals surface area contributed by atoms with E-state index in [9.17, 15) is 4.79 Å². The molecule has 2 saturated heterocycles. The number of hydrogen-bond donors (Lipinski definition) is 1. The van der Waals surface area contributed by atoms with E-state index in [2.05, 4.69) is 22.5 Å². The van der Waals surface area contributed by atoms with E-state index in [1.807, 2.05) is 34.7 Å². The van der Waals surface area contributed by atoms with Crippen molar-refractivity contribution < 1.29 is 4.79 Å². The first kappa shape index (κ1) is 14.5. The van der Waals surface area contributed by atoms with Crippen molar-refractivity contribution in [2.24, 2.45) is 11.8 Å². The third kappa shape index (κ3) is 2.65. The van der Waals surface area contributed by atoms with Gasteiger partial charge in [-0.2, -0.15) is 5.10 Å². The molecule has 1 aromatic heterocycles. The van der Waals surface area contributed by atoms with Crippen molar-refractivity contribution in [3.8, 4) is 0 Å². The molecule has 0 aliphatic carbocycles. The van der Waals surface area contributed by atoms with Crippen LogP contribution in [0.4, 0.5) is 0 Å². The Morgan fingerprint density at radius 1 is 1.22 bits per heavy atom. The highest BCUT2D eigenvalue weighted by atomic mass is 16.2. The number of amides is 1. The molecule has 5 nitrogen and oxygen atoms in total. The van der Waals surface area contributed by atoms with Gasteiger partial charge in [-0.05, 0) is 24.3 Å². The highest BCUT2D eigenvalue weighted by Crippen LogP contribution is 2.28. The summed E-state index contributed by atoms with van der Waals surface area (Å²) in [6.07, 6.45) is 1.73.